The summed E-state index contributed by atoms with van der Waals surface area (Å²) in [5.74, 6) is 1.07. The lowest BCUT2D eigenvalue weighted by Crippen LogP contribution is -1.93. The molecule has 0 radical (unpaired) electrons. The van der Waals surface area contributed by atoms with Gasteiger partial charge in [0, 0.05) is 11.5 Å². The molecule has 0 saturated heterocycles. The number of hydrogen-bond acceptors (Lipinski definition) is 2. The van der Waals surface area contributed by atoms with E-state index in [1.54, 1.807) is 11.9 Å². The van der Waals surface area contributed by atoms with Crippen molar-refractivity contribution in [2.45, 2.75) is 13.8 Å². The van der Waals surface area contributed by atoms with E-state index in [0.717, 1.165) is 11.5 Å². The predicted molar refractivity (Wildman–Crippen MR) is 39.3 cm³/mol. The molecule has 1 aliphatic heterocycles. The summed E-state index contributed by atoms with van der Waals surface area (Å²) in [6.07, 6.45) is 2.12. The fourth-order valence-electron chi connectivity index (χ4n) is 0.661. The summed E-state index contributed by atoms with van der Waals surface area (Å²) in [5.41, 5.74) is 2.56. The van der Waals surface area contributed by atoms with Crippen LogP contribution in [-0.4, -0.2) is 11.5 Å². The third-order valence-corrected chi connectivity index (χ3v) is 1.96. The standard InChI is InChI=1S/C6H9NS/c1-5-3-6(2)7-8-4-5/h3H,4H2,1-2H3. The molecule has 0 fully saturated rings. The van der Waals surface area contributed by atoms with Gasteiger partial charge in [0.2, 0.25) is 0 Å². The Morgan fingerprint density at radius 2 is 2.38 bits per heavy atom. The molecule has 2 heteroatoms. The highest BCUT2D eigenvalue weighted by Gasteiger charge is 1.96. The SMILES string of the molecule is CC1=CC(C)=NSC1. The van der Waals surface area contributed by atoms with E-state index in [1.807, 2.05) is 6.92 Å². The number of hydrogen-bond donors (Lipinski definition) is 0. The predicted octanol–water partition coefficient (Wildman–Crippen LogP) is 2.06. The highest BCUT2D eigenvalue weighted by Crippen LogP contribution is 2.14. The van der Waals surface area contributed by atoms with Crippen LogP contribution >= 0.6 is 11.9 Å². The van der Waals surface area contributed by atoms with Crippen LogP contribution in [0.3, 0.4) is 0 Å². The summed E-state index contributed by atoms with van der Waals surface area (Å²) >= 11 is 1.63. The molecule has 0 N–H and O–H groups in total. The van der Waals surface area contributed by atoms with Gasteiger partial charge < -0.3 is 0 Å². The Hall–Kier alpha value is -0.240. The fourth-order valence-corrected chi connectivity index (χ4v) is 1.27. The summed E-state index contributed by atoms with van der Waals surface area (Å²) in [6, 6.07) is 0. The van der Waals surface area contributed by atoms with E-state index >= 15 is 0 Å². The Balaban J connectivity index is 2.69. The maximum atomic E-state index is 4.14. The summed E-state index contributed by atoms with van der Waals surface area (Å²) in [5, 5.41) is 0. The fraction of sp³-hybridized carbons (Fsp3) is 0.500. The molecule has 0 aromatic heterocycles. The topological polar surface area (TPSA) is 12.4 Å². The minimum absolute atomic E-state index is 1.07. The van der Waals surface area contributed by atoms with Crippen LogP contribution in [0.1, 0.15) is 13.8 Å². The molecule has 1 rings (SSSR count). The van der Waals surface area contributed by atoms with Gasteiger partial charge in [0.15, 0.2) is 0 Å². The zero-order valence-corrected chi connectivity index (χ0v) is 5.96. The first-order valence-corrected chi connectivity index (χ1v) is 3.57. The average molecular weight is 127 g/mol. The van der Waals surface area contributed by atoms with Gasteiger partial charge in [-0.05, 0) is 31.9 Å². The van der Waals surface area contributed by atoms with Crippen LogP contribution < -0.4 is 0 Å². The van der Waals surface area contributed by atoms with Crippen molar-refractivity contribution in [3.8, 4) is 0 Å². The van der Waals surface area contributed by atoms with E-state index in [2.05, 4.69) is 17.4 Å². The minimum Gasteiger partial charge on any atom is -0.221 e. The maximum absolute atomic E-state index is 4.14. The van der Waals surface area contributed by atoms with Gasteiger partial charge in [-0.1, -0.05) is 5.57 Å². The van der Waals surface area contributed by atoms with Crippen molar-refractivity contribution in [2.75, 3.05) is 5.75 Å². The van der Waals surface area contributed by atoms with Gasteiger partial charge in [-0.15, -0.1) is 0 Å². The first-order valence-electron chi connectivity index (χ1n) is 2.63. The van der Waals surface area contributed by atoms with Crippen LogP contribution in [0.5, 0.6) is 0 Å². The molecular weight excluding hydrogens is 118 g/mol. The lowest BCUT2D eigenvalue weighted by atomic mass is 10.2. The van der Waals surface area contributed by atoms with Gasteiger partial charge in [0.25, 0.3) is 0 Å². The molecule has 0 atom stereocenters. The second-order valence-corrected chi connectivity index (χ2v) is 2.73. The van der Waals surface area contributed by atoms with Gasteiger partial charge in [-0.2, -0.15) is 0 Å². The molecule has 44 valence electrons. The van der Waals surface area contributed by atoms with Crippen molar-refractivity contribution in [1.82, 2.24) is 0 Å². The monoisotopic (exact) mass is 127 g/mol. The molecule has 0 saturated carbocycles. The third-order valence-electron chi connectivity index (χ3n) is 0.956. The van der Waals surface area contributed by atoms with E-state index in [0.29, 0.717) is 0 Å². The first-order chi connectivity index (χ1) is 3.79. The smallest absolute Gasteiger partial charge is 0.0455 e. The Morgan fingerprint density at radius 1 is 1.62 bits per heavy atom. The highest BCUT2D eigenvalue weighted by atomic mass is 32.2. The van der Waals surface area contributed by atoms with Crippen LogP contribution in [0, 0.1) is 0 Å². The Bertz CT molecular complexity index is 147. The van der Waals surface area contributed by atoms with Crippen LogP contribution in [0.25, 0.3) is 0 Å². The molecular formula is C6H9NS. The van der Waals surface area contributed by atoms with Gasteiger partial charge >= 0.3 is 0 Å². The molecule has 0 bridgehead atoms. The quantitative estimate of drug-likeness (QED) is 0.454. The second-order valence-electron chi connectivity index (χ2n) is 2.00. The molecule has 0 aromatic rings. The summed E-state index contributed by atoms with van der Waals surface area (Å²) in [4.78, 5) is 0. The second kappa shape index (κ2) is 2.35. The average Bonchev–Trinajstić information content (AvgIpc) is 1.64. The van der Waals surface area contributed by atoms with Gasteiger partial charge in [-0.3, -0.25) is 0 Å². The van der Waals surface area contributed by atoms with Gasteiger partial charge in [0.05, 0.1) is 0 Å². The van der Waals surface area contributed by atoms with Crippen molar-refractivity contribution < 1.29 is 0 Å². The summed E-state index contributed by atoms with van der Waals surface area (Å²) in [7, 11) is 0. The maximum Gasteiger partial charge on any atom is 0.0455 e. The Labute approximate surface area is 54.0 Å². The minimum atomic E-state index is 1.07. The number of nitrogens with zero attached hydrogens (tertiary/aromatic N) is 1. The molecule has 1 heterocycles. The lowest BCUT2D eigenvalue weighted by Gasteiger charge is -2.02. The summed E-state index contributed by atoms with van der Waals surface area (Å²) < 4.78 is 4.14. The number of rotatable bonds is 0. The number of allylic oxidation sites excluding steroid dienone is 1. The van der Waals surface area contributed by atoms with Crippen molar-refractivity contribution in [1.29, 1.82) is 0 Å². The molecule has 8 heavy (non-hydrogen) atoms. The van der Waals surface area contributed by atoms with Crippen LogP contribution in [-0.2, 0) is 0 Å². The van der Waals surface area contributed by atoms with Crippen molar-refractivity contribution >= 4 is 17.7 Å². The molecule has 0 amide bonds. The van der Waals surface area contributed by atoms with Crippen LogP contribution in [0.4, 0.5) is 0 Å². The van der Waals surface area contributed by atoms with Gasteiger partial charge in [0.1, 0.15) is 0 Å². The first kappa shape index (κ1) is 5.89. The van der Waals surface area contributed by atoms with E-state index < -0.39 is 0 Å². The zero-order valence-electron chi connectivity index (χ0n) is 5.14. The Morgan fingerprint density at radius 3 is 2.75 bits per heavy atom. The van der Waals surface area contributed by atoms with Crippen molar-refractivity contribution in [2.24, 2.45) is 4.40 Å². The van der Waals surface area contributed by atoms with E-state index in [1.165, 1.54) is 5.57 Å². The highest BCUT2D eigenvalue weighted by molar-refractivity contribution is 7.98. The van der Waals surface area contributed by atoms with E-state index in [4.69, 9.17) is 0 Å². The molecule has 0 spiro atoms. The lowest BCUT2D eigenvalue weighted by molar-refractivity contribution is 1.40. The normalized spacial score (nSPS) is 19.8. The van der Waals surface area contributed by atoms with Crippen molar-refractivity contribution in [3.05, 3.63) is 11.6 Å². The van der Waals surface area contributed by atoms with E-state index in [9.17, 15) is 0 Å². The zero-order chi connectivity index (χ0) is 5.98. The van der Waals surface area contributed by atoms with Gasteiger partial charge in [-0.25, -0.2) is 4.40 Å². The summed E-state index contributed by atoms with van der Waals surface area (Å²) in [6.45, 7) is 4.15. The molecule has 1 nitrogen and oxygen atoms in total. The largest absolute Gasteiger partial charge is 0.221 e. The molecule has 0 aliphatic carbocycles. The van der Waals surface area contributed by atoms with Crippen LogP contribution in [0.2, 0.25) is 0 Å². The molecule has 0 unspecified atom stereocenters. The van der Waals surface area contributed by atoms with Crippen LogP contribution in [0.15, 0.2) is 16.0 Å². The molecule has 0 aromatic carbocycles. The van der Waals surface area contributed by atoms with Crippen molar-refractivity contribution in [3.63, 3.8) is 0 Å². The molecule has 1 aliphatic rings. The third kappa shape index (κ3) is 1.37. The Kier molecular flexibility index (Phi) is 1.73. The van der Waals surface area contributed by atoms with E-state index in [-0.39, 0.29) is 0 Å².